The Hall–Kier alpha value is -2.58. The summed E-state index contributed by atoms with van der Waals surface area (Å²) >= 11 is 6.70. The number of alkyl carbamates (subject to hydrolysis) is 1. The largest absolute Gasteiger partial charge is 0.444 e. The van der Waals surface area contributed by atoms with Crippen LogP contribution in [0.4, 0.5) is 4.79 Å². The molecule has 2 amide bonds. The minimum atomic E-state index is -0.543. The van der Waals surface area contributed by atoms with E-state index >= 15 is 0 Å². The summed E-state index contributed by atoms with van der Waals surface area (Å²) in [6.07, 6.45) is 1.32. The zero-order chi connectivity index (χ0) is 24.7. The third kappa shape index (κ3) is 7.74. The number of halogens is 1. The van der Waals surface area contributed by atoms with Gasteiger partial charge in [0.1, 0.15) is 10.8 Å². The SMILES string of the molecule is Cc1nn(Cc2ccccc2)c(Cl)c1CN1CCCC(C(=O)NCCNC(=O)OC(C)(C)C)C1. The van der Waals surface area contributed by atoms with E-state index in [-0.39, 0.29) is 11.8 Å². The first kappa shape index (κ1) is 26.0. The molecule has 0 spiro atoms. The molecule has 1 aliphatic rings. The predicted octanol–water partition coefficient (Wildman–Crippen LogP) is 3.75. The Balaban J connectivity index is 1.48. The highest BCUT2D eigenvalue weighted by atomic mass is 35.5. The molecule has 1 fully saturated rings. The highest BCUT2D eigenvalue weighted by Crippen LogP contribution is 2.25. The molecule has 3 rings (SSSR count). The number of amides is 2. The molecule has 0 saturated carbocycles. The van der Waals surface area contributed by atoms with Gasteiger partial charge in [0.25, 0.3) is 0 Å². The van der Waals surface area contributed by atoms with Crippen LogP contribution in [0.3, 0.4) is 0 Å². The van der Waals surface area contributed by atoms with Crippen LogP contribution in [0.15, 0.2) is 30.3 Å². The van der Waals surface area contributed by atoms with Gasteiger partial charge in [-0.25, -0.2) is 9.48 Å². The number of nitrogens with one attached hydrogen (secondary N) is 2. The van der Waals surface area contributed by atoms with E-state index in [9.17, 15) is 9.59 Å². The highest BCUT2D eigenvalue weighted by Gasteiger charge is 2.27. The highest BCUT2D eigenvalue weighted by molar-refractivity contribution is 6.30. The van der Waals surface area contributed by atoms with Gasteiger partial charge in [0.15, 0.2) is 0 Å². The summed E-state index contributed by atoms with van der Waals surface area (Å²) < 4.78 is 7.04. The van der Waals surface area contributed by atoms with Crippen LogP contribution in [0.5, 0.6) is 0 Å². The Bertz CT molecular complexity index is 971. The Morgan fingerprint density at radius 2 is 1.85 bits per heavy atom. The smallest absolute Gasteiger partial charge is 0.407 e. The second-order valence-electron chi connectivity index (χ2n) is 9.79. The van der Waals surface area contributed by atoms with Gasteiger partial charge in [-0.2, -0.15) is 5.10 Å². The molecule has 2 heterocycles. The third-order valence-corrected chi connectivity index (χ3v) is 6.13. The molecule has 2 aromatic rings. The maximum atomic E-state index is 12.7. The number of piperidine rings is 1. The van der Waals surface area contributed by atoms with Crippen molar-refractivity contribution >= 4 is 23.6 Å². The van der Waals surface area contributed by atoms with E-state index in [1.54, 1.807) is 0 Å². The van der Waals surface area contributed by atoms with Crippen LogP contribution in [0.2, 0.25) is 5.15 Å². The quantitative estimate of drug-likeness (QED) is 0.551. The van der Waals surface area contributed by atoms with Gasteiger partial charge in [-0.3, -0.25) is 9.69 Å². The molecule has 0 bridgehead atoms. The first-order valence-corrected chi connectivity index (χ1v) is 12.2. The van der Waals surface area contributed by atoms with E-state index < -0.39 is 11.7 Å². The van der Waals surface area contributed by atoms with E-state index in [1.165, 1.54) is 0 Å². The predicted molar refractivity (Wildman–Crippen MR) is 133 cm³/mol. The van der Waals surface area contributed by atoms with Gasteiger partial charge in [0.05, 0.1) is 18.2 Å². The lowest BCUT2D eigenvalue weighted by molar-refractivity contribution is -0.126. The Morgan fingerprint density at radius 1 is 1.15 bits per heavy atom. The van der Waals surface area contributed by atoms with Gasteiger partial charge in [0.2, 0.25) is 5.91 Å². The number of benzene rings is 1. The van der Waals surface area contributed by atoms with Crippen LogP contribution in [0, 0.1) is 12.8 Å². The van der Waals surface area contributed by atoms with Crippen molar-refractivity contribution in [3.8, 4) is 0 Å². The van der Waals surface area contributed by atoms with Crippen molar-refractivity contribution in [2.75, 3.05) is 26.2 Å². The summed E-state index contributed by atoms with van der Waals surface area (Å²) in [5.41, 5.74) is 2.54. The van der Waals surface area contributed by atoms with Gasteiger partial charge in [-0.1, -0.05) is 41.9 Å². The average molecular weight is 490 g/mol. The molecule has 0 radical (unpaired) electrons. The van der Waals surface area contributed by atoms with E-state index in [4.69, 9.17) is 16.3 Å². The van der Waals surface area contributed by atoms with Crippen molar-refractivity contribution in [2.45, 2.75) is 59.2 Å². The molecule has 1 saturated heterocycles. The molecule has 34 heavy (non-hydrogen) atoms. The van der Waals surface area contributed by atoms with Crippen LogP contribution >= 0.6 is 11.6 Å². The van der Waals surface area contributed by atoms with E-state index in [0.717, 1.165) is 36.2 Å². The van der Waals surface area contributed by atoms with Crippen LogP contribution in [-0.2, 0) is 22.6 Å². The fourth-order valence-electron chi connectivity index (χ4n) is 4.08. The average Bonchev–Trinajstić information content (AvgIpc) is 3.03. The fraction of sp³-hybridized carbons (Fsp3) is 0.560. The van der Waals surface area contributed by atoms with Crippen molar-refractivity contribution in [3.63, 3.8) is 0 Å². The first-order chi connectivity index (χ1) is 16.1. The van der Waals surface area contributed by atoms with Crippen molar-refractivity contribution < 1.29 is 14.3 Å². The molecular weight excluding hydrogens is 454 g/mol. The maximum absolute atomic E-state index is 12.7. The number of carbonyl (C=O) groups is 2. The van der Waals surface area contributed by atoms with Crippen molar-refractivity contribution in [1.82, 2.24) is 25.3 Å². The number of hydrogen-bond acceptors (Lipinski definition) is 5. The number of hydrogen-bond donors (Lipinski definition) is 2. The minimum absolute atomic E-state index is 0.0123. The zero-order valence-electron chi connectivity index (χ0n) is 20.6. The normalized spacial score (nSPS) is 16.8. The van der Waals surface area contributed by atoms with Gasteiger partial charge in [-0.15, -0.1) is 0 Å². The number of ether oxygens (including phenoxy) is 1. The van der Waals surface area contributed by atoms with Gasteiger partial charge in [-0.05, 0) is 52.6 Å². The number of carbonyl (C=O) groups excluding carboxylic acids is 2. The molecule has 186 valence electrons. The number of rotatable bonds is 8. The molecule has 2 N–H and O–H groups in total. The monoisotopic (exact) mass is 489 g/mol. The molecule has 8 nitrogen and oxygen atoms in total. The van der Waals surface area contributed by atoms with Crippen LogP contribution in [-0.4, -0.2) is 58.5 Å². The van der Waals surface area contributed by atoms with Gasteiger partial charge in [0, 0.05) is 31.7 Å². The summed E-state index contributed by atoms with van der Waals surface area (Å²) in [4.78, 5) is 26.7. The molecule has 1 aromatic carbocycles. The van der Waals surface area contributed by atoms with Crippen molar-refractivity contribution in [3.05, 3.63) is 52.3 Å². The Kier molecular flexibility index (Phi) is 8.97. The second-order valence-corrected chi connectivity index (χ2v) is 10.1. The third-order valence-electron chi connectivity index (χ3n) is 5.71. The van der Waals surface area contributed by atoms with Crippen LogP contribution in [0.25, 0.3) is 0 Å². The second kappa shape index (κ2) is 11.7. The van der Waals surface area contributed by atoms with E-state index in [0.29, 0.717) is 37.9 Å². The van der Waals surface area contributed by atoms with Crippen molar-refractivity contribution in [1.29, 1.82) is 0 Å². The number of aromatic nitrogens is 2. The molecular formula is C25H36ClN5O3. The molecule has 1 aliphatic heterocycles. The molecule has 1 unspecified atom stereocenters. The maximum Gasteiger partial charge on any atom is 0.407 e. The molecule has 1 atom stereocenters. The topological polar surface area (TPSA) is 88.5 Å². The van der Waals surface area contributed by atoms with Gasteiger partial charge < -0.3 is 15.4 Å². The van der Waals surface area contributed by atoms with E-state index in [2.05, 4.69) is 32.8 Å². The zero-order valence-corrected chi connectivity index (χ0v) is 21.3. The number of likely N-dealkylation sites (tertiary alicyclic amines) is 1. The molecule has 9 heteroatoms. The lowest BCUT2D eigenvalue weighted by Crippen LogP contribution is -2.44. The molecule has 0 aliphatic carbocycles. The van der Waals surface area contributed by atoms with E-state index in [1.807, 2.05) is 50.6 Å². The van der Waals surface area contributed by atoms with Crippen LogP contribution in [0.1, 0.15) is 50.4 Å². The number of aryl methyl sites for hydroxylation is 1. The van der Waals surface area contributed by atoms with Crippen molar-refractivity contribution in [2.24, 2.45) is 5.92 Å². The Labute approximate surface area is 207 Å². The fourth-order valence-corrected chi connectivity index (χ4v) is 4.37. The lowest BCUT2D eigenvalue weighted by Gasteiger charge is -2.32. The standard InChI is InChI=1S/C25H36ClN5O3/c1-18-21(22(26)31(29-18)15-19-9-6-5-7-10-19)17-30-14-8-11-20(16-30)23(32)27-12-13-28-24(33)34-25(2,3)4/h5-7,9-10,20H,8,11-17H2,1-4H3,(H,27,32)(H,28,33). The number of nitrogens with zero attached hydrogens (tertiary/aromatic N) is 3. The lowest BCUT2D eigenvalue weighted by atomic mass is 9.96. The molecule has 1 aromatic heterocycles. The summed E-state index contributed by atoms with van der Waals surface area (Å²) in [5, 5.41) is 10.9. The van der Waals surface area contributed by atoms with Gasteiger partial charge >= 0.3 is 6.09 Å². The summed E-state index contributed by atoms with van der Waals surface area (Å²) in [6.45, 7) is 11.0. The Morgan fingerprint density at radius 3 is 2.56 bits per heavy atom. The summed E-state index contributed by atoms with van der Waals surface area (Å²) in [7, 11) is 0. The minimum Gasteiger partial charge on any atom is -0.444 e. The van der Waals surface area contributed by atoms with Crippen LogP contribution < -0.4 is 10.6 Å². The summed E-state index contributed by atoms with van der Waals surface area (Å²) in [6, 6.07) is 10.1. The first-order valence-electron chi connectivity index (χ1n) is 11.8. The summed E-state index contributed by atoms with van der Waals surface area (Å²) in [5.74, 6) is -0.0768.